The van der Waals surface area contributed by atoms with Crippen LogP contribution >= 0.6 is 11.6 Å². The van der Waals surface area contributed by atoms with E-state index in [1.807, 2.05) is 20.0 Å². The molecule has 2 aliphatic heterocycles. The van der Waals surface area contributed by atoms with E-state index in [1.54, 1.807) is 25.1 Å². The van der Waals surface area contributed by atoms with E-state index >= 15 is 0 Å². The maximum absolute atomic E-state index is 13.3. The molecular weight excluding hydrogens is 702 g/mol. The monoisotopic (exact) mass is 757 g/mol. The number of fused-ring (bicyclic) bond motifs is 4. The number of aldehydes is 1. The number of halogens is 1. The van der Waals surface area contributed by atoms with Crippen LogP contribution in [0.2, 0.25) is 5.02 Å². The molecule has 52 heavy (non-hydrogen) atoms. The largest absolute Gasteiger partial charge is 0.490 e. The Morgan fingerprint density at radius 1 is 1.06 bits per heavy atom. The van der Waals surface area contributed by atoms with Crippen molar-refractivity contribution in [2.75, 3.05) is 44.9 Å². The average molecular weight is 758 g/mol. The van der Waals surface area contributed by atoms with E-state index in [9.17, 15) is 18.0 Å². The van der Waals surface area contributed by atoms with E-state index in [0.717, 1.165) is 68.5 Å². The van der Waals surface area contributed by atoms with Gasteiger partial charge in [0.25, 0.3) is 5.91 Å². The molecule has 0 radical (unpaired) electrons. The number of likely N-dealkylation sites (N-methyl/N-ethyl adjacent to an activating group) is 1. The normalized spacial score (nSPS) is 30.1. The zero-order chi connectivity index (χ0) is 37.2. The van der Waals surface area contributed by atoms with Crippen LogP contribution < -0.4 is 14.4 Å². The van der Waals surface area contributed by atoms with E-state index in [1.165, 1.54) is 24.0 Å². The maximum Gasteiger partial charge on any atom is 0.264 e. The first kappa shape index (κ1) is 39.0. The van der Waals surface area contributed by atoms with Crippen LogP contribution in [0.25, 0.3) is 0 Å². The molecule has 2 fully saturated rings. The third-order valence-electron chi connectivity index (χ3n) is 12.8. The first-order valence-corrected chi connectivity index (χ1v) is 21.1. The highest BCUT2D eigenvalue weighted by Gasteiger charge is 2.44. The second-order valence-electron chi connectivity index (χ2n) is 16.1. The Balaban J connectivity index is 0.000000402. The Hall–Kier alpha value is -2.70. The molecule has 2 aromatic rings. The highest BCUT2D eigenvalue weighted by Crippen LogP contribution is 2.47. The van der Waals surface area contributed by atoms with E-state index in [4.69, 9.17) is 26.6 Å². The molecule has 1 unspecified atom stereocenters. The maximum atomic E-state index is 13.3. The SMILES string of the molecule is CN(C(CO)CO)C1CC1.C[C@@H]1[C@@H](C)CCCC(C=O)[C@@H]2CC[C@H]2CN2C[C@@]3(CCCc4cc(Cl)ccc43)COc3ccc(cc32)C(=O)NS1(=O)=O. The van der Waals surface area contributed by atoms with Gasteiger partial charge in [0.05, 0.1) is 36.8 Å². The number of hydrogen-bond donors (Lipinski definition) is 3. The van der Waals surface area contributed by atoms with Crippen molar-refractivity contribution >= 4 is 39.5 Å². The van der Waals surface area contributed by atoms with Crippen LogP contribution in [0.5, 0.6) is 5.75 Å². The van der Waals surface area contributed by atoms with Crippen molar-refractivity contribution in [2.24, 2.45) is 23.7 Å². The Morgan fingerprint density at radius 2 is 1.83 bits per heavy atom. The molecule has 2 saturated carbocycles. The van der Waals surface area contributed by atoms with Crippen LogP contribution in [0.15, 0.2) is 36.4 Å². The number of benzene rings is 2. The minimum absolute atomic E-state index is 0.0315. The molecule has 286 valence electrons. The Labute approximate surface area is 314 Å². The lowest BCUT2D eigenvalue weighted by Gasteiger charge is -2.46. The molecule has 6 atom stereocenters. The lowest BCUT2D eigenvalue weighted by Crippen LogP contribution is -2.49. The molecule has 3 aliphatic carbocycles. The highest BCUT2D eigenvalue weighted by molar-refractivity contribution is 7.90. The molecule has 1 spiro atoms. The minimum Gasteiger partial charge on any atom is -0.490 e. The Kier molecular flexibility index (Phi) is 12.3. The number of nitrogens with one attached hydrogen (secondary N) is 1. The number of nitrogens with zero attached hydrogens (tertiary/aromatic N) is 2. The molecule has 2 aromatic carbocycles. The summed E-state index contributed by atoms with van der Waals surface area (Å²) in [6.45, 7) is 5.65. The molecule has 2 bridgehead atoms. The van der Waals surface area contributed by atoms with E-state index in [-0.39, 0.29) is 36.5 Å². The first-order chi connectivity index (χ1) is 24.9. The third-order valence-corrected chi connectivity index (χ3v) is 14.9. The standard InChI is InChI=1S/C33H41ClN2O5S.C7H15NO2/c1-21-5-3-6-26(18-37)28-11-8-25(28)17-36-19-33(14-4-7-23-15-27(34)10-12-29(23)33)20-41-31-13-9-24(16-30(31)36)32(38)35-42(39,40)22(21)2;1-8(6-2-3-6)7(4-9)5-10/h9-10,12-13,15-16,18,21-22,25-26,28H,3-8,11,14,17,19-20H2,1-2H3,(H,35,38);6-7,9-10H,2-5H2,1H3/t21-,22+,25-,26?,28+,33-;/m0./s1. The van der Waals surface area contributed by atoms with Crippen LogP contribution in [-0.4, -0.2) is 93.0 Å². The Morgan fingerprint density at radius 3 is 2.50 bits per heavy atom. The molecule has 3 N–H and O–H groups in total. The van der Waals surface area contributed by atoms with Gasteiger partial charge in [0.2, 0.25) is 10.0 Å². The number of sulfonamides is 1. The zero-order valence-corrected chi connectivity index (χ0v) is 32.4. The van der Waals surface area contributed by atoms with Crippen LogP contribution in [0.4, 0.5) is 5.69 Å². The van der Waals surface area contributed by atoms with E-state index in [2.05, 4.69) is 26.7 Å². The van der Waals surface area contributed by atoms with Gasteiger partial charge in [0.15, 0.2) is 0 Å². The second-order valence-corrected chi connectivity index (χ2v) is 18.6. The van der Waals surface area contributed by atoms with E-state index in [0.29, 0.717) is 48.8 Å². The predicted octanol–water partition coefficient (Wildman–Crippen LogP) is 5.36. The molecule has 5 aliphatic rings. The number of anilines is 1. The number of hydrogen-bond acceptors (Lipinski definition) is 9. The fourth-order valence-electron chi connectivity index (χ4n) is 8.90. The van der Waals surface area contributed by atoms with Gasteiger partial charge >= 0.3 is 0 Å². The number of carbonyl (C=O) groups excluding carboxylic acids is 2. The van der Waals surface area contributed by atoms with Gasteiger partial charge in [-0.2, -0.15) is 0 Å². The zero-order valence-electron chi connectivity index (χ0n) is 30.8. The summed E-state index contributed by atoms with van der Waals surface area (Å²) >= 11 is 6.39. The van der Waals surface area contributed by atoms with Crippen LogP contribution in [0, 0.1) is 23.7 Å². The minimum atomic E-state index is -3.89. The number of ether oxygens (including phenoxy) is 1. The fourth-order valence-corrected chi connectivity index (χ4v) is 10.4. The van der Waals surface area contributed by atoms with Gasteiger partial charge in [-0.1, -0.05) is 31.0 Å². The van der Waals surface area contributed by atoms with Gasteiger partial charge in [0.1, 0.15) is 12.0 Å². The molecule has 1 amide bonds. The number of amides is 1. The van der Waals surface area contributed by atoms with Gasteiger partial charge in [-0.15, -0.1) is 0 Å². The summed E-state index contributed by atoms with van der Waals surface area (Å²) in [7, 11) is -1.94. The van der Waals surface area contributed by atoms with Crippen LogP contribution in [-0.2, 0) is 26.7 Å². The van der Waals surface area contributed by atoms with Crippen molar-refractivity contribution in [3.05, 3.63) is 58.1 Å². The molecular formula is C40H56ClN3O7S. The molecule has 10 nitrogen and oxygen atoms in total. The molecule has 12 heteroatoms. The second kappa shape index (κ2) is 16.3. The van der Waals surface area contributed by atoms with E-state index < -0.39 is 21.2 Å². The summed E-state index contributed by atoms with van der Waals surface area (Å²) in [5, 5.41) is 17.5. The summed E-state index contributed by atoms with van der Waals surface area (Å²) in [4.78, 5) is 30.1. The van der Waals surface area contributed by atoms with Crippen LogP contribution in [0.1, 0.15) is 93.1 Å². The van der Waals surface area contributed by atoms with Gasteiger partial charge in [-0.3, -0.25) is 9.69 Å². The lowest BCUT2D eigenvalue weighted by atomic mass is 9.65. The van der Waals surface area contributed by atoms with Crippen molar-refractivity contribution in [1.29, 1.82) is 0 Å². The van der Waals surface area contributed by atoms with Crippen molar-refractivity contribution in [3.63, 3.8) is 0 Å². The quantitative estimate of drug-likeness (QED) is 0.345. The van der Waals surface area contributed by atoms with Gasteiger partial charge in [-0.25, -0.2) is 13.1 Å². The summed E-state index contributed by atoms with van der Waals surface area (Å²) in [6.07, 6.45) is 10.9. The third kappa shape index (κ3) is 8.33. The number of aliphatic hydroxyl groups is 2. The number of aliphatic hydroxyl groups excluding tert-OH is 2. The molecule has 7 rings (SSSR count). The van der Waals surface area contributed by atoms with Crippen LogP contribution in [0.3, 0.4) is 0 Å². The lowest BCUT2D eigenvalue weighted by molar-refractivity contribution is -0.115. The molecule has 0 saturated heterocycles. The Bertz CT molecular complexity index is 1700. The van der Waals surface area contributed by atoms with Crippen molar-refractivity contribution in [1.82, 2.24) is 9.62 Å². The molecule has 2 heterocycles. The van der Waals surface area contributed by atoms with Gasteiger partial charge in [-0.05, 0) is 131 Å². The highest BCUT2D eigenvalue weighted by atomic mass is 35.5. The summed E-state index contributed by atoms with van der Waals surface area (Å²) in [5.41, 5.74) is 3.37. The first-order valence-electron chi connectivity index (χ1n) is 19.1. The smallest absolute Gasteiger partial charge is 0.264 e. The number of aryl methyl sites for hydroxylation is 1. The average Bonchev–Trinajstić information content (AvgIpc) is 3.98. The molecule has 0 aromatic heterocycles. The number of rotatable bonds is 5. The van der Waals surface area contributed by atoms with Crippen molar-refractivity contribution in [2.45, 2.75) is 101 Å². The van der Waals surface area contributed by atoms with Crippen molar-refractivity contribution in [3.8, 4) is 5.75 Å². The summed E-state index contributed by atoms with van der Waals surface area (Å²) in [5.74, 6) is 0.559. The fraction of sp³-hybridized carbons (Fsp3) is 0.650. The summed E-state index contributed by atoms with van der Waals surface area (Å²) < 4.78 is 35.3. The number of carbonyl (C=O) groups is 2. The van der Waals surface area contributed by atoms with Gasteiger partial charge < -0.3 is 24.6 Å². The van der Waals surface area contributed by atoms with Crippen molar-refractivity contribution < 1.29 is 33.0 Å². The topological polar surface area (TPSA) is 136 Å². The predicted molar refractivity (Wildman–Crippen MR) is 204 cm³/mol. The summed E-state index contributed by atoms with van der Waals surface area (Å²) in [6, 6.07) is 12.0. The van der Waals surface area contributed by atoms with Gasteiger partial charge in [0, 0.05) is 41.1 Å².